The van der Waals surface area contributed by atoms with Crippen molar-refractivity contribution >= 4 is 22.9 Å². The van der Waals surface area contributed by atoms with Crippen LogP contribution in [0, 0.1) is 6.92 Å². The summed E-state index contributed by atoms with van der Waals surface area (Å²) in [7, 11) is 0. The Bertz CT molecular complexity index is 674. The first-order valence-electron chi connectivity index (χ1n) is 7.16. The Hall–Kier alpha value is -1.99. The van der Waals surface area contributed by atoms with Gasteiger partial charge in [-0.25, -0.2) is 0 Å². The molecule has 0 atom stereocenters. The van der Waals surface area contributed by atoms with Crippen molar-refractivity contribution in [3.63, 3.8) is 0 Å². The van der Waals surface area contributed by atoms with E-state index in [0.29, 0.717) is 12.2 Å². The van der Waals surface area contributed by atoms with Crippen molar-refractivity contribution in [3.8, 4) is 5.75 Å². The van der Waals surface area contributed by atoms with Crippen molar-refractivity contribution in [3.05, 3.63) is 45.6 Å². The molecule has 1 heterocycles. The first-order valence-corrected chi connectivity index (χ1v) is 7.97. The van der Waals surface area contributed by atoms with E-state index in [1.165, 1.54) is 6.07 Å². The molecule has 7 heteroatoms. The van der Waals surface area contributed by atoms with E-state index in [4.69, 9.17) is 0 Å². The summed E-state index contributed by atoms with van der Waals surface area (Å²) in [4.78, 5) is 13.2. The van der Waals surface area contributed by atoms with Crippen LogP contribution < -0.4 is 15.4 Å². The molecule has 0 saturated carbocycles. The summed E-state index contributed by atoms with van der Waals surface area (Å²) >= 11 is 1.12. The molecule has 0 aliphatic heterocycles. The number of nitrogens with one attached hydrogen (secondary N) is 2. The first-order chi connectivity index (χ1) is 11.0. The van der Waals surface area contributed by atoms with Gasteiger partial charge in [0.2, 0.25) is 0 Å². The Morgan fingerprint density at radius 3 is 2.83 bits per heavy atom. The molecule has 0 aliphatic rings. The molecule has 0 aliphatic carbocycles. The minimum atomic E-state index is -2.96. The van der Waals surface area contributed by atoms with E-state index in [1.807, 2.05) is 25.1 Å². The fourth-order valence-electron chi connectivity index (χ4n) is 2.05. The maximum Gasteiger partial charge on any atom is 0.387 e. The van der Waals surface area contributed by atoms with Crippen molar-refractivity contribution in [2.75, 3.05) is 11.9 Å². The SMILES string of the molecule is CCNCc1cccc(NC(=O)c2sc(C)cc2OC(F)F)c1. The number of carbonyl (C=O) groups is 1. The molecule has 0 fully saturated rings. The van der Waals surface area contributed by atoms with Crippen LogP contribution in [0.3, 0.4) is 0 Å². The van der Waals surface area contributed by atoms with Crippen molar-refractivity contribution in [1.29, 1.82) is 0 Å². The molecule has 0 unspecified atom stereocenters. The highest BCUT2D eigenvalue weighted by Gasteiger charge is 2.19. The maximum absolute atomic E-state index is 12.4. The highest BCUT2D eigenvalue weighted by molar-refractivity contribution is 7.14. The average Bonchev–Trinajstić information content (AvgIpc) is 2.85. The fourth-order valence-corrected chi connectivity index (χ4v) is 2.89. The van der Waals surface area contributed by atoms with Gasteiger partial charge >= 0.3 is 6.61 Å². The number of anilines is 1. The van der Waals surface area contributed by atoms with Gasteiger partial charge < -0.3 is 15.4 Å². The summed E-state index contributed by atoms with van der Waals surface area (Å²) in [5, 5.41) is 5.92. The molecule has 1 aromatic heterocycles. The third-order valence-corrected chi connectivity index (χ3v) is 4.04. The van der Waals surface area contributed by atoms with Gasteiger partial charge in [0.25, 0.3) is 5.91 Å². The van der Waals surface area contributed by atoms with Crippen molar-refractivity contribution in [2.24, 2.45) is 0 Å². The summed E-state index contributed by atoms with van der Waals surface area (Å²) in [6, 6.07) is 8.81. The normalized spacial score (nSPS) is 10.8. The average molecular weight is 340 g/mol. The largest absolute Gasteiger partial charge is 0.433 e. The third-order valence-electron chi connectivity index (χ3n) is 3.01. The minimum absolute atomic E-state index is 0.0937. The molecule has 2 rings (SSSR count). The Balaban J connectivity index is 2.13. The molecule has 2 aromatic rings. The van der Waals surface area contributed by atoms with Gasteiger partial charge in [0.05, 0.1) is 0 Å². The van der Waals surface area contributed by atoms with E-state index in [0.717, 1.165) is 28.3 Å². The van der Waals surface area contributed by atoms with Gasteiger partial charge in [0.15, 0.2) is 0 Å². The van der Waals surface area contributed by atoms with E-state index >= 15 is 0 Å². The Morgan fingerprint density at radius 2 is 2.13 bits per heavy atom. The van der Waals surface area contributed by atoms with Crippen LogP contribution in [0.5, 0.6) is 5.75 Å². The van der Waals surface area contributed by atoms with Gasteiger partial charge in [0.1, 0.15) is 10.6 Å². The second kappa shape index (κ2) is 8.03. The predicted octanol–water partition coefficient (Wildman–Crippen LogP) is 4.02. The minimum Gasteiger partial charge on any atom is -0.433 e. The highest BCUT2D eigenvalue weighted by Crippen LogP contribution is 2.31. The van der Waals surface area contributed by atoms with Crippen LogP contribution in [-0.2, 0) is 6.54 Å². The molecule has 0 spiro atoms. The van der Waals surface area contributed by atoms with Crippen LogP contribution in [0.25, 0.3) is 0 Å². The number of aryl methyl sites for hydroxylation is 1. The van der Waals surface area contributed by atoms with Crippen LogP contribution in [0.1, 0.15) is 27.0 Å². The number of carbonyl (C=O) groups excluding carboxylic acids is 1. The second-order valence-corrected chi connectivity index (χ2v) is 6.12. The van der Waals surface area contributed by atoms with E-state index < -0.39 is 12.5 Å². The van der Waals surface area contributed by atoms with E-state index in [-0.39, 0.29) is 10.6 Å². The van der Waals surface area contributed by atoms with E-state index in [9.17, 15) is 13.6 Å². The van der Waals surface area contributed by atoms with Crippen LogP contribution >= 0.6 is 11.3 Å². The summed E-state index contributed by atoms with van der Waals surface area (Å²) in [5.74, 6) is -0.553. The number of alkyl halides is 2. The molecule has 2 N–H and O–H groups in total. The molecular formula is C16H18F2N2O2S. The zero-order valence-corrected chi connectivity index (χ0v) is 13.7. The molecule has 124 valence electrons. The van der Waals surface area contributed by atoms with Crippen LogP contribution in [0.2, 0.25) is 0 Å². The monoisotopic (exact) mass is 340 g/mol. The first kappa shape index (κ1) is 17.4. The number of thiophene rings is 1. The van der Waals surface area contributed by atoms with Gasteiger partial charge in [-0.05, 0) is 37.2 Å². The van der Waals surface area contributed by atoms with Crippen molar-refractivity contribution < 1.29 is 18.3 Å². The van der Waals surface area contributed by atoms with E-state index in [2.05, 4.69) is 15.4 Å². The van der Waals surface area contributed by atoms with Crippen molar-refractivity contribution in [1.82, 2.24) is 5.32 Å². The molecule has 4 nitrogen and oxygen atoms in total. The smallest absolute Gasteiger partial charge is 0.387 e. The summed E-state index contributed by atoms with van der Waals surface area (Å²) in [5.41, 5.74) is 1.63. The van der Waals surface area contributed by atoms with Crippen LogP contribution in [-0.4, -0.2) is 19.1 Å². The zero-order chi connectivity index (χ0) is 16.8. The number of ether oxygens (including phenoxy) is 1. The fraction of sp³-hybridized carbons (Fsp3) is 0.312. The van der Waals surface area contributed by atoms with Gasteiger partial charge in [-0.15, -0.1) is 11.3 Å². The molecule has 23 heavy (non-hydrogen) atoms. The molecule has 1 amide bonds. The van der Waals surface area contributed by atoms with E-state index in [1.54, 1.807) is 13.0 Å². The number of benzene rings is 1. The van der Waals surface area contributed by atoms with Gasteiger partial charge in [0, 0.05) is 17.1 Å². The summed E-state index contributed by atoms with van der Waals surface area (Å²) in [6.07, 6.45) is 0. The molecule has 0 radical (unpaired) electrons. The summed E-state index contributed by atoms with van der Waals surface area (Å²) < 4.78 is 29.2. The van der Waals surface area contributed by atoms with Gasteiger partial charge in [-0.3, -0.25) is 4.79 Å². The summed E-state index contributed by atoms with van der Waals surface area (Å²) in [6.45, 7) is 2.32. The number of rotatable bonds is 7. The van der Waals surface area contributed by atoms with Crippen molar-refractivity contribution in [2.45, 2.75) is 27.0 Å². The lowest BCUT2D eigenvalue weighted by Crippen LogP contribution is -2.14. The van der Waals surface area contributed by atoms with Gasteiger partial charge in [-0.2, -0.15) is 8.78 Å². The maximum atomic E-state index is 12.4. The number of hydrogen-bond acceptors (Lipinski definition) is 4. The molecule has 0 saturated heterocycles. The Kier molecular flexibility index (Phi) is 6.06. The second-order valence-electron chi connectivity index (χ2n) is 4.86. The standard InChI is InChI=1S/C16H18F2N2O2S/c1-3-19-9-11-5-4-6-12(8-11)20-15(21)14-13(22-16(17)18)7-10(2)23-14/h4-8,16,19H,3,9H2,1-2H3,(H,20,21). The number of hydrogen-bond donors (Lipinski definition) is 2. The molecular weight excluding hydrogens is 322 g/mol. The zero-order valence-electron chi connectivity index (χ0n) is 12.9. The Morgan fingerprint density at radius 1 is 1.35 bits per heavy atom. The topological polar surface area (TPSA) is 50.4 Å². The molecule has 0 bridgehead atoms. The van der Waals surface area contributed by atoms with Crippen LogP contribution in [0.15, 0.2) is 30.3 Å². The highest BCUT2D eigenvalue weighted by atomic mass is 32.1. The Labute approximate surface area is 137 Å². The lowest BCUT2D eigenvalue weighted by Gasteiger charge is -2.09. The number of amides is 1. The number of halogens is 2. The van der Waals surface area contributed by atoms with Gasteiger partial charge in [-0.1, -0.05) is 19.1 Å². The lowest BCUT2D eigenvalue weighted by atomic mass is 10.2. The molecule has 1 aromatic carbocycles. The lowest BCUT2D eigenvalue weighted by molar-refractivity contribution is -0.0498. The quantitative estimate of drug-likeness (QED) is 0.800. The predicted molar refractivity (Wildman–Crippen MR) is 87.5 cm³/mol. The van der Waals surface area contributed by atoms with Crippen LogP contribution in [0.4, 0.5) is 14.5 Å². The third kappa shape index (κ3) is 5.01.